The molecular weight excluding hydrogens is 288 g/mol. The number of phenolic OH excluding ortho intramolecular Hbond substituents is 1. The molecule has 2 unspecified atom stereocenters. The molecule has 3 heteroatoms. The first-order valence-electron chi connectivity index (χ1n) is 8.53. The van der Waals surface area contributed by atoms with Crippen LogP contribution in [0.25, 0.3) is 0 Å². The fraction of sp³-hybridized carbons (Fsp3) is 0.600. The van der Waals surface area contributed by atoms with Crippen LogP contribution < -0.4 is 0 Å². The van der Waals surface area contributed by atoms with E-state index in [4.69, 9.17) is 0 Å². The summed E-state index contributed by atoms with van der Waals surface area (Å²) in [6.07, 6.45) is 1.66. The minimum Gasteiger partial charge on any atom is -0.508 e. The SMILES string of the molecule is CC(C)c1c(O)ccc2c1CCC1C(C)(C)C(=O)CC(=O)C21C. The van der Waals surface area contributed by atoms with Gasteiger partial charge in [-0.15, -0.1) is 0 Å². The summed E-state index contributed by atoms with van der Waals surface area (Å²) in [6, 6.07) is 3.63. The Labute approximate surface area is 138 Å². The number of benzene rings is 1. The summed E-state index contributed by atoms with van der Waals surface area (Å²) in [7, 11) is 0. The van der Waals surface area contributed by atoms with Gasteiger partial charge in [0.1, 0.15) is 11.5 Å². The number of hydrogen-bond acceptors (Lipinski definition) is 3. The Morgan fingerprint density at radius 2 is 1.78 bits per heavy atom. The van der Waals surface area contributed by atoms with Crippen LogP contribution in [-0.4, -0.2) is 16.7 Å². The maximum Gasteiger partial charge on any atom is 0.150 e. The zero-order chi connectivity index (χ0) is 17.2. The van der Waals surface area contributed by atoms with Gasteiger partial charge in [0.15, 0.2) is 5.78 Å². The van der Waals surface area contributed by atoms with Crippen LogP contribution in [0.4, 0.5) is 0 Å². The molecule has 0 amide bonds. The molecule has 0 aliphatic heterocycles. The number of hydrogen-bond donors (Lipinski definition) is 1. The van der Waals surface area contributed by atoms with E-state index in [2.05, 4.69) is 13.8 Å². The Balaban J connectivity index is 2.26. The zero-order valence-electron chi connectivity index (χ0n) is 14.7. The second-order valence-corrected chi connectivity index (χ2v) is 8.22. The highest BCUT2D eigenvalue weighted by molar-refractivity contribution is 6.09. The fourth-order valence-corrected chi connectivity index (χ4v) is 5.00. The summed E-state index contributed by atoms with van der Waals surface area (Å²) in [5.41, 5.74) is 2.02. The van der Waals surface area contributed by atoms with Crippen molar-refractivity contribution in [2.24, 2.45) is 11.3 Å². The Morgan fingerprint density at radius 3 is 2.39 bits per heavy atom. The van der Waals surface area contributed by atoms with Gasteiger partial charge in [0.25, 0.3) is 0 Å². The summed E-state index contributed by atoms with van der Waals surface area (Å²) < 4.78 is 0. The molecule has 0 bridgehead atoms. The molecule has 0 spiro atoms. The topological polar surface area (TPSA) is 54.4 Å². The third-order valence-corrected chi connectivity index (χ3v) is 6.34. The van der Waals surface area contributed by atoms with Crippen LogP contribution in [0.15, 0.2) is 12.1 Å². The second kappa shape index (κ2) is 4.93. The van der Waals surface area contributed by atoms with Crippen LogP contribution in [0, 0.1) is 11.3 Å². The molecule has 1 aromatic carbocycles. The number of carbonyl (C=O) groups is 2. The summed E-state index contributed by atoms with van der Waals surface area (Å²) >= 11 is 0. The Hall–Kier alpha value is -1.64. The van der Waals surface area contributed by atoms with Crippen molar-refractivity contribution in [3.05, 3.63) is 28.8 Å². The number of fused-ring (bicyclic) bond motifs is 3. The van der Waals surface area contributed by atoms with E-state index >= 15 is 0 Å². The minimum absolute atomic E-state index is 0.0251. The zero-order valence-corrected chi connectivity index (χ0v) is 14.7. The van der Waals surface area contributed by atoms with E-state index in [-0.39, 0.29) is 29.8 Å². The van der Waals surface area contributed by atoms with E-state index in [9.17, 15) is 14.7 Å². The third kappa shape index (κ3) is 2.02. The number of carbonyl (C=O) groups excluding carboxylic acids is 2. The molecule has 124 valence electrons. The number of rotatable bonds is 1. The van der Waals surface area contributed by atoms with Gasteiger partial charge >= 0.3 is 0 Å². The predicted octanol–water partition coefficient (Wildman–Crippen LogP) is 3.90. The molecule has 1 aromatic rings. The van der Waals surface area contributed by atoms with E-state index in [0.717, 1.165) is 29.5 Å². The lowest BCUT2D eigenvalue weighted by molar-refractivity contribution is -0.147. The molecule has 2 aliphatic carbocycles. The minimum atomic E-state index is -0.623. The second-order valence-electron chi connectivity index (χ2n) is 8.22. The predicted molar refractivity (Wildman–Crippen MR) is 89.8 cm³/mol. The summed E-state index contributed by atoms with van der Waals surface area (Å²) in [5, 5.41) is 10.3. The molecule has 23 heavy (non-hydrogen) atoms. The molecule has 1 N–H and O–H groups in total. The van der Waals surface area contributed by atoms with Gasteiger partial charge in [0.05, 0.1) is 11.8 Å². The summed E-state index contributed by atoms with van der Waals surface area (Å²) in [5.74, 6) is 0.656. The van der Waals surface area contributed by atoms with Gasteiger partial charge in [-0.3, -0.25) is 9.59 Å². The Morgan fingerprint density at radius 1 is 1.13 bits per heavy atom. The van der Waals surface area contributed by atoms with Gasteiger partial charge in [-0.25, -0.2) is 0 Å². The van der Waals surface area contributed by atoms with Crippen molar-refractivity contribution in [1.29, 1.82) is 0 Å². The molecule has 0 saturated heterocycles. The maximum atomic E-state index is 12.9. The number of phenols is 1. The molecule has 0 aromatic heterocycles. The molecule has 0 heterocycles. The van der Waals surface area contributed by atoms with Crippen molar-refractivity contribution in [1.82, 2.24) is 0 Å². The van der Waals surface area contributed by atoms with Crippen LogP contribution in [-0.2, 0) is 21.4 Å². The lowest BCUT2D eigenvalue weighted by Crippen LogP contribution is -2.57. The average Bonchev–Trinajstić information content (AvgIpc) is 2.44. The lowest BCUT2D eigenvalue weighted by atomic mass is 9.49. The lowest BCUT2D eigenvalue weighted by Gasteiger charge is -2.52. The quantitative estimate of drug-likeness (QED) is 0.800. The van der Waals surface area contributed by atoms with Gasteiger partial charge in [-0.05, 0) is 54.4 Å². The Kier molecular flexibility index (Phi) is 3.48. The van der Waals surface area contributed by atoms with E-state index < -0.39 is 10.8 Å². The number of ketones is 2. The van der Waals surface area contributed by atoms with Crippen molar-refractivity contribution in [3.8, 4) is 5.75 Å². The van der Waals surface area contributed by atoms with E-state index in [0.29, 0.717) is 5.75 Å². The maximum absolute atomic E-state index is 12.9. The molecule has 3 rings (SSSR count). The first-order chi connectivity index (χ1) is 10.6. The van der Waals surface area contributed by atoms with Crippen LogP contribution in [0.3, 0.4) is 0 Å². The van der Waals surface area contributed by atoms with Gasteiger partial charge in [0, 0.05) is 5.41 Å². The fourth-order valence-electron chi connectivity index (χ4n) is 5.00. The van der Waals surface area contributed by atoms with Crippen LogP contribution in [0.5, 0.6) is 5.75 Å². The highest BCUT2D eigenvalue weighted by Gasteiger charge is 2.58. The van der Waals surface area contributed by atoms with Crippen molar-refractivity contribution in [2.75, 3.05) is 0 Å². The van der Waals surface area contributed by atoms with Gasteiger partial charge < -0.3 is 5.11 Å². The standard InChI is InChI=1S/C20H26O3/c1-11(2)18-12-6-9-15-19(3,4)16(22)10-17(23)20(15,5)13(12)7-8-14(18)21/h7-8,11,15,21H,6,9-10H2,1-5H3. The smallest absolute Gasteiger partial charge is 0.150 e. The van der Waals surface area contributed by atoms with Crippen LogP contribution >= 0.6 is 0 Å². The molecule has 1 saturated carbocycles. The van der Waals surface area contributed by atoms with Crippen LogP contribution in [0.2, 0.25) is 0 Å². The van der Waals surface area contributed by atoms with E-state index in [1.807, 2.05) is 26.8 Å². The largest absolute Gasteiger partial charge is 0.508 e. The van der Waals surface area contributed by atoms with Crippen molar-refractivity contribution in [3.63, 3.8) is 0 Å². The molecule has 0 radical (unpaired) electrons. The normalized spacial score (nSPS) is 29.4. The molecule has 2 atom stereocenters. The van der Waals surface area contributed by atoms with Crippen LogP contribution in [0.1, 0.15) is 70.1 Å². The summed E-state index contributed by atoms with van der Waals surface area (Å²) in [6.45, 7) is 10.1. The number of Topliss-reactive ketones (excluding diaryl/α,β-unsaturated/α-hetero) is 2. The van der Waals surface area contributed by atoms with Gasteiger partial charge in [0.2, 0.25) is 0 Å². The first-order valence-corrected chi connectivity index (χ1v) is 8.53. The van der Waals surface area contributed by atoms with Crippen molar-refractivity contribution >= 4 is 11.6 Å². The first kappa shape index (κ1) is 16.2. The third-order valence-electron chi connectivity index (χ3n) is 6.34. The average molecular weight is 314 g/mol. The molecule has 3 nitrogen and oxygen atoms in total. The summed E-state index contributed by atoms with van der Waals surface area (Å²) in [4.78, 5) is 25.3. The molecule has 1 fully saturated rings. The Bertz CT molecular complexity index is 699. The van der Waals surface area contributed by atoms with Crippen molar-refractivity contribution < 1.29 is 14.7 Å². The van der Waals surface area contributed by atoms with Gasteiger partial charge in [-0.1, -0.05) is 33.8 Å². The highest BCUT2D eigenvalue weighted by atomic mass is 16.3. The van der Waals surface area contributed by atoms with Crippen molar-refractivity contribution in [2.45, 2.75) is 65.2 Å². The van der Waals surface area contributed by atoms with E-state index in [1.54, 1.807) is 6.07 Å². The molecule has 2 aliphatic rings. The monoisotopic (exact) mass is 314 g/mol. The number of aromatic hydroxyl groups is 1. The highest BCUT2D eigenvalue weighted by Crippen LogP contribution is 2.55. The van der Waals surface area contributed by atoms with E-state index in [1.165, 1.54) is 0 Å². The molecular formula is C20H26O3. The van der Waals surface area contributed by atoms with Gasteiger partial charge in [-0.2, -0.15) is 0 Å².